The summed E-state index contributed by atoms with van der Waals surface area (Å²) in [5, 5.41) is 10.2. The quantitative estimate of drug-likeness (QED) is 0.644. The Kier molecular flexibility index (Phi) is 4.80. The number of benzene rings is 1. The first-order chi connectivity index (χ1) is 12.7. The summed E-state index contributed by atoms with van der Waals surface area (Å²) in [6.07, 6.45) is 3.22. The molecule has 26 heavy (non-hydrogen) atoms. The summed E-state index contributed by atoms with van der Waals surface area (Å²) in [6.45, 7) is 6.70. The van der Waals surface area contributed by atoms with Gasteiger partial charge in [0, 0.05) is 25.0 Å². The predicted octanol–water partition coefficient (Wildman–Crippen LogP) is 3.49. The fraction of sp³-hybridized carbons (Fsp3) is 0.474. The Hall–Kier alpha value is -2.15. The summed E-state index contributed by atoms with van der Waals surface area (Å²) < 4.78 is 2.20. The third kappa shape index (κ3) is 3.05. The number of amides is 1. The van der Waals surface area contributed by atoms with Gasteiger partial charge in [0.15, 0.2) is 5.65 Å². The molecule has 1 amide bonds. The van der Waals surface area contributed by atoms with E-state index in [1.54, 1.807) is 0 Å². The minimum absolute atomic E-state index is 0.172. The molecule has 136 valence electrons. The summed E-state index contributed by atoms with van der Waals surface area (Å²) in [4.78, 5) is 19.3. The van der Waals surface area contributed by atoms with E-state index < -0.39 is 0 Å². The van der Waals surface area contributed by atoms with Crippen molar-refractivity contribution in [2.45, 2.75) is 50.1 Å². The number of carbonyl (C=O) groups excluding carboxylic acids is 1. The molecule has 7 heteroatoms. The average Bonchev–Trinajstić information content (AvgIpc) is 3.29. The van der Waals surface area contributed by atoms with Gasteiger partial charge in [0.05, 0.1) is 10.8 Å². The fourth-order valence-corrected chi connectivity index (χ4v) is 4.39. The topological polar surface area (TPSA) is 63.9 Å². The summed E-state index contributed by atoms with van der Waals surface area (Å²) in [5.41, 5.74) is 2.82. The molecule has 6 nitrogen and oxygen atoms in total. The van der Waals surface area contributed by atoms with Gasteiger partial charge in [-0.2, -0.15) is 0 Å². The van der Waals surface area contributed by atoms with Crippen molar-refractivity contribution < 1.29 is 4.79 Å². The first-order valence-corrected chi connectivity index (χ1v) is 10.1. The van der Waals surface area contributed by atoms with Gasteiger partial charge in [-0.3, -0.25) is 4.79 Å². The number of rotatable bonds is 5. The zero-order valence-corrected chi connectivity index (χ0v) is 16.0. The maximum Gasteiger partial charge on any atom is 0.235 e. The molecule has 4 rings (SSSR count). The van der Waals surface area contributed by atoms with Crippen molar-refractivity contribution in [3.05, 3.63) is 24.3 Å². The highest BCUT2D eigenvalue weighted by Gasteiger charge is 2.25. The molecule has 1 fully saturated rings. The molecule has 0 aliphatic carbocycles. The van der Waals surface area contributed by atoms with Crippen LogP contribution in [0, 0.1) is 0 Å². The van der Waals surface area contributed by atoms with Gasteiger partial charge < -0.3 is 9.47 Å². The van der Waals surface area contributed by atoms with Crippen LogP contribution >= 0.6 is 11.8 Å². The Balaban J connectivity index is 1.67. The standard InChI is InChI=1S/C19H23N5OS/c1-3-10-24-15-9-5-4-8-14(15)16-17(24)20-19(22-21-16)26-13(2)18(25)23-11-6-7-12-23/h4-5,8-9,13H,3,6-7,10-12H2,1-2H3. The highest BCUT2D eigenvalue weighted by molar-refractivity contribution is 8.00. The molecule has 3 heterocycles. The minimum atomic E-state index is -0.198. The van der Waals surface area contributed by atoms with E-state index in [0.29, 0.717) is 5.16 Å². The van der Waals surface area contributed by atoms with Crippen LogP contribution in [0.15, 0.2) is 29.4 Å². The van der Waals surface area contributed by atoms with Gasteiger partial charge in [0.2, 0.25) is 11.1 Å². The number of thioether (sulfide) groups is 1. The van der Waals surface area contributed by atoms with E-state index in [4.69, 9.17) is 4.98 Å². The van der Waals surface area contributed by atoms with Crippen LogP contribution in [0.3, 0.4) is 0 Å². The normalized spacial score (nSPS) is 15.8. The lowest BCUT2D eigenvalue weighted by molar-refractivity contribution is -0.129. The van der Waals surface area contributed by atoms with E-state index in [1.807, 2.05) is 24.0 Å². The Morgan fingerprint density at radius 1 is 1.23 bits per heavy atom. The first-order valence-electron chi connectivity index (χ1n) is 9.26. The Bertz CT molecular complexity index is 948. The Morgan fingerprint density at radius 2 is 2.00 bits per heavy atom. The fourth-order valence-electron chi connectivity index (χ4n) is 3.59. The molecule has 0 bridgehead atoms. The number of likely N-dealkylation sites (tertiary alicyclic amines) is 1. The number of nitrogens with zero attached hydrogens (tertiary/aromatic N) is 5. The number of hydrogen-bond acceptors (Lipinski definition) is 5. The summed E-state index contributed by atoms with van der Waals surface area (Å²) in [6, 6.07) is 8.21. The molecule has 1 atom stereocenters. The number of fused-ring (bicyclic) bond motifs is 3. The van der Waals surface area contributed by atoms with Gasteiger partial charge in [0.1, 0.15) is 5.52 Å². The van der Waals surface area contributed by atoms with Gasteiger partial charge in [-0.1, -0.05) is 36.9 Å². The minimum Gasteiger partial charge on any atom is -0.342 e. The third-order valence-corrected chi connectivity index (χ3v) is 5.79. The smallest absolute Gasteiger partial charge is 0.235 e. The van der Waals surface area contributed by atoms with Gasteiger partial charge in [-0.25, -0.2) is 4.98 Å². The summed E-state index contributed by atoms with van der Waals surface area (Å²) in [7, 11) is 0. The van der Waals surface area contributed by atoms with Crippen LogP contribution in [0.2, 0.25) is 0 Å². The third-order valence-electron chi connectivity index (χ3n) is 4.85. The van der Waals surface area contributed by atoms with Gasteiger partial charge in [-0.15, -0.1) is 10.2 Å². The van der Waals surface area contributed by atoms with E-state index in [9.17, 15) is 4.79 Å². The number of carbonyl (C=O) groups is 1. The number of para-hydroxylation sites is 1. The molecule has 1 aliphatic heterocycles. The van der Waals surface area contributed by atoms with Crippen LogP contribution in [0.1, 0.15) is 33.1 Å². The van der Waals surface area contributed by atoms with Crippen LogP contribution < -0.4 is 0 Å². The molecule has 0 N–H and O–H groups in total. The van der Waals surface area contributed by atoms with Crippen LogP contribution in [0.4, 0.5) is 0 Å². The van der Waals surface area contributed by atoms with E-state index in [0.717, 1.165) is 61.0 Å². The molecule has 1 saturated heterocycles. The lowest BCUT2D eigenvalue weighted by atomic mass is 10.2. The van der Waals surface area contributed by atoms with Crippen LogP contribution in [0.25, 0.3) is 22.1 Å². The number of hydrogen-bond donors (Lipinski definition) is 0. The van der Waals surface area contributed by atoms with E-state index in [1.165, 1.54) is 11.8 Å². The molecule has 1 aromatic carbocycles. The van der Waals surface area contributed by atoms with Crippen molar-refractivity contribution in [2.75, 3.05) is 13.1 Å². The molecular formula is C19H23N5OS. The van der Waals surface area contributed by atoms with E-state index in [2.05, 4.69) is 33.8 Å². The molecule has 2 aromatic heterocycles. The number of aryl methyl sites for hydroxylation is 1. The molecular weight excluding hydrogens is 346 g/mol. The van der Waals surface area contributed by atoms with Crippen molar-refractivity contribution >= 4 is 39.7 Å². The molecule has 1 unspecified atom stereocenters. The zero-order chi connectivity index (χ0) is 18.1. The van der Waals surface area contributed by atoms with E-state index >= 15 is 0 Å². The average molecular weight is 369 g/mol. The number of aromatic nitrogens is 4. The molecule has 0 saturated carbocycles. The Morgan fingerprint density at radius 3 is 2.77 bits per heavy atom. The van der Waals surface area contributed by atoms with E-state index in [-0.39, 0.29) is 11.2 Å². The molecule has 3 aromatic rings. The maximum atomic E-state index is 12.5. The predicted molar refractivity (Wildman–Crippen MR) is 104 cm³/mol. The van der Waals surface area contributed by atoms with Crippen LogP contribution in [-0.4, -0.2) is 48.9 Å². The van der Waals surface area contributed by atoms with Crippen molar-refractivity contribution in [1.29, 1.82) is 0 Å². The summed E-state index contributed by atoms with van der Waals surface area (Å²) in [5.74, 6) is 0.172. The highest BCUT2D eigenvalue weighted by atomic mass is 32.2. The van der Waals surface area contributed by atoms with Crippen LogP contribution in [0.5, 0.6) is 0 Å². The SMILES string of the molecule is CCCn1c2ccccc2c2nnc(SC(C)C(=O)N3CCCC3)nc21. The summed E-state index contributed by atoms with van der Waals surface area (Å²) >= 11 is 1.40. The van der Waals surface area contributed by atoms with Gasteiger partial charge in [-0.05, 0) is 32.3 Å². The van der Waals surface area contributed by atoms with Crippen LogP contribution in [-0.2, 0) is 11.3 Å². The highest BCUT2D eigenvalue weighted by Crippen LogP contribution is 2.29. The maximum absolute atomic E-state index is 12.5. The first kappa shape index (κ1) is 17.3. The van der Waals surface area contributed by atoms with Crippen molar-refractivity contribution in [3.63, 3.8) is 0 Å². The Labute approximate surface area is 157 Å². The molecule has 0 spiro atoms. The molecule has 0 radical (unpaired) electrons. The second-order valence-electron chi connectivity index (χ2n) is 6.73. The van der Waals surface area contributed by atoms with Crippen molar-refractivity contribution in [3.8, 4) is 0 Å². The second kappa shape index (κ2) is 7.23. The lowest BCUT2D eigenvalue weighted by Gasteiger charge is -2.19. The zero-order valence-electron chi connectivity index (χ0n) is 15.2. The largest absolute Gasteiger partial charge is 0.342 e. The molecule has 1 aliphatic rings. The second-order valence-corrected chi connectivity index (χ2v) is 8.04. The van der Waals surface area contributed by atoms with Crippen molar-refractivity contribution in [2.24, 2.45) is 0 Å². The lowest BCUT2D eigenvalue weighted by Crippen LogP contribution is -2.34. The van der Waals surface area contributed by atoms with Crippen molar-refractivity contribution in [1.82, 2.24) is 24.6 Å². The van der Waals surface area contributed by atoms with Gasteiger partial charge in [0.25, 0.3) is 0 Å². The monoisotopic (exact) mass is 369 g/mol. The van der Waals surface area contributed by atoms with Gasteiger partial charge >= 0.3 is 0 Å².